The molecule has 164 valence electrons. The zero-order valence-corrected chi connectivity index (χ0v) is 17.8. The maximum atomic E-state index is 13.0. The van der Waals surface area contributed by atoms with Crippen molar-refractivity contribution in [1.29, 1.82) is 0 Å². The van der Waals surface area contributed by atoms with Crippen LogP contribution in [-0.4, -0.2) is 69.2 Å². The summed E-state index contributed by atoms with van der Waals surface area (Å²) in [6, 6.07) is 5.77. The first-order chi connectivity index (χ1) is 14.7. The number of hydrogen-bond acceptors (Lipinski definition) is 5. The lowest BCUT2D eigenvalue weighted by atomic mass is 9.85. The predicted octanol–water partition coefficient (Wildman–Crippen LogP) is 2.48. The minimum atomic E-state index is -0.0568. The van der Waals surface area contributed by atoms with Gasteiger partial charge in [0.25, 0.3) is 5.91 Å². The second-order valence-electron chi connectivity index (χ2n) is 8.61. The minimum absolute atomic E-state index is 0.0568. The first-order valence-electron chi connectivity index (χ1n) is 11.5. The van der Waals surface area contributed by atoms with Gasteiger partial charge >= 0.3 is 0 Å². The average Bonchev–Trinajstić information content (AvgIpc) is 3.25. The molecule has 2 amide bonds. The van der Waals surface area contributed by atoms with Crippen LogP contribution < -0.4 is 15.5 Å². The first-order valence-corrected chi connectivity index (χ1v) is 11.5. The van der Waals surface area contributed by atoms with Gasteiger partial charge in [0.05, 0.1) is 18.8 Å². The average molecular weight is 415 g/mol. The number of rotatable bonds is 8. The normalized spacial score (nSPS) is 20.1. The van der Waals surface area contributed by atoms with Crippen molar-refractivity contribution in [2.24, 2.45) is 5.92 Å². The fraction of sp³-hybridized carbons (Fsp3) is 0.652. The number of nitrogens with one attached hydrogen (secondary N) is 2. The van der Waals surface area contributed by atoms with Crippen molar-refractivity contribution in [3.63, 3.8) is 0 Å². The van der Waals surface area contributed by atoms with E-state index < -0.39 is 0 Å². The molecule has 2 N–H and O–H groups in total. The lowest BCUT2D eigenvalue weighted by Crippen LogP contribution is -2.38. The SMILES string of the molecule is O=C(NCCCN1CCOCC1)c1cc(NC(=O)C2CCC2)ccc1N1CCCC1. The molecular formula is C23H34N4O3. The van der Waals surface area contributed by atoms with Gasteiger partial charge in [-0.25, -0.2) is 0 Å². The van der Waals surface area contributed by atoms with Gasteiger partial charge in [-0.3, -0.25) is 14.5 Å². The lowest BCUT2D eigenvalue weighted by molar-refractivity contribution is -0.122. The van der Waals surface area contributed by atoms with Crippen LogP contribution in [0.15, 0.2) is 18.2 Å². The molecular weight excluding hydrogens is 380 g/mol. The van der Waals surface area contributed by atoms with Gasteiger partial charge in [0.1, 0.15) is 0 Å². The summed E-state index contributed by atoms with van der Waals surface area (Å²) < 4.78 is 5.38. The van der Waals surface area contributed by atoms with E-state index in [0.717, 1.165) is 90.1 Å². The van der Waals surface area contributed by atoms with E-state index in [1.165, 1.54) is 0 Å². The van der Waals surface area contributed by atoms with Crippen molar-refractivity contribution in [3.05, 3.63) is 23.8 Å². The van der Waals surface area contributed by atoms with E-state index in [-0.39, 0.29) is 17.7 Å². The highest BCUT2D eigenvalue weighted by Gasteiger charge is 2.26. The molecule has 0 radical (unpaired) electrons. The van der Waals surface area contributed by atoms with Gasteiger partial charge in [-0.2, -0.15) is 0 Å². The van der Waals surface area contributed by atoms with Gasteiger partial charge in [-0.1, -0.05) is 6.42 Å². The summed E-state index contributed by atoms with van der Waals surface area (Å²) >= 11 is 0. The van der Waals surface area contributed by atoms with E-state index in [9.17, 15) is 9.59 Å². The maximum absolute atomic E-state index is 13.0. The topological polar surface area (TPSA) is 73.9 Å². The van der Waals surface area contributed by atoms with Crippen molar-refractivity contribution >= 4 is 23.2 Å². The number of morpholine rings is 1. The molecule has 1 aliphatic carbocycles. The molecule has 0 atom stereocenters. The summed E-state index contributed by atoms with van der Waals surface area (Å²) in [6.45, 7) is 7.10. The van der Waals surface area contributed by atoms with Crippen molar-refractivity contribution in [2.75, 3.05) is 62.7 Å². The molecule has 4 rings (SSSR count). The van der Waals surface area contributed by atoms with Crippen LogP contribution in [0.3, 0.4) is 0 Å². The third-order valence-corrected chi connectivity index (χ3v) is 6.47. The van der Waals surface area contributed by atoms with Crippen LogP contribution in [0.5, 0.6) is 0 Å². The van der Waals surface area contributed by atoms with Crippen LogP contribution in [0, 0.1) is 5.92 Å². The smallest absolute Gasteiger partial charge is 0.253 e. The molecule has 0 aromatic heterocycles. The van der Waals surface area contributed by atoms with Crippen molar-refractivity contribution < 1.29 is 14.3 Å². The van der Waals surface area contributed by atoms with Gasteiger partial charge in [0.15, 0.2) is 0 Å². The fourth-order valence-corrected chi connectivity index (χ4v) is 4.37. The molecule has 7 heteroatoms. The zero-order valence-electron chi connectivity index (χ0n) is 17.8. The van der Waals surface area contributed by atoms with Crippen LogP contribution in [-0.2, 0) is 9.53 Å². The van der Waals surface area contributed by atoms with E-state index in [1.54, 1.807) is 0 Å². The van der Waals surface area contributed by atoms with E-state index >= 15 is 0 Å². The molecule has 2 heterocycles. The summed E-state index contributed by atoms with van der Waals surface area (Å²) in [5, 5.41) is 6.10. The molecule has 2 saturated heterocycles. The molecule has 2 aliphatic heterocycles. The Labute approximate surface area is 179 Å². The largest absolute Gasteiger partial charge is 0.379 e. The molecule has 1 saturated carbocycles. The monoisotopic (exact) mass is 414 g/mol. The highest BCUT2D eigenvalue weighted by Crippen LogP contribution is 2.30. The molecule has 1 aromatic carbocycles. The molecule has 0 bridgehead atoms. The van der Waals surface area contributed by atoms with Crippen LogP contribution >= 0.6 is 0 Å². The highest BCUT2D eigenvalue weighted by molar-refractivity contribution is 6.02. The summed E-state index contributed by atoms with van der Waals surface area (Å²) in [5.41, 5.74) is 2.35. The lowest BCUT2D eigenvalue weighted by Gasteiger charge is -2.26. The van der Waals surface area contributed by atoms with Gasteiger partial charge < -0.3 is 20.3 Å². The molecule has 3 fully saturated rings. The number of ether oxygens (including phenoxy) is 1. The van der Waals surface area contributed by atoms with Gasteiger partial charge in [-0.05, 0) is 56.8 Å². The van der Waals surface area contributed by atoms with E-state index in [2.05, 4.69) is 20.4 Å². The Morgan fingerprint density at radius 2 is 1.80 bits per heavy atom. The van der Waals surface area contributed by atoms with Gasteiger partial charge in [0.2, 0.25) is 5.91 Å². The van der Waals surface area contributed by atoms with E-state index in [0.29, 0.717) is 17.8 Å². The zero-order chi connectivity index (χ0) is 20.8. The van der Waals surface area contributed by atoms with Crippen LogP contribution in [0.4, 0.5) is 11.4 Å². The Kier molecular flexibility index (Phi) is 7.23. The second-order valence-corrected chi connectivity index (χ2v) is 8.61. The Morgan fingerprint density at radius 3 is 2.50 bits per heavy atom. The number of hydrogen-bond donors (Lipinski definition) is 2. The van der Waals surface area contributed by atoms with Crippen LogP contribution in [0.1, 0.15) is 48.9 Å². The number of benzene rings is 1. The van der Waals surface area contributed by atoms with Gasteiger partial charge in [0, 0.05) is 50.0 Å². The molecule has 30 heavy (non-hydrogen) atoms. The van der Waals surface area contributed by atoms with Crippen molar-refractivity contribution in [1.82, 2.24) is 10.2 Å². The fourth-order valence-electron chi connectivity index (χ4n) is 4.37. The molecule has 7 nitrogen and oxygen atoms in total. The summed E-state index contributed by atoms with van der Waals surface area (Å²) in [5.74, 6) is 0.145. The van der Waals surface area contributed by atoms with E-state index in [1.807, 2.05) is 18.2 Å². The van der Waals surface area contributed by atoms with Gasteiger partial charge in [-0.15, -0.1) is 0 Å². The highest BCUT2D eigenvalue weighted by atomic mass is 16.5. The predicted molar refractivity (Wildman–Crippen MR) is 118 cm³/mol. The Hall–Kier alpha value is -2.12. The summed E-state index contributed by atoms with van der Waals surface area (Å²) in [4.78, 5) is 30.0. The summed E-state index contributed by atoms with van der Waals surface area (Å²) in [7, 11) is 0. The molecule has 1 aromatic rings. The third kappa shape index (κ3) is 5.32. The molecule has 3 aliphatic rings. The quantitative estimate of drug-likeness (QED) is 0.640. The molecule has 0 spiro atoms. The summed E-state index contributed by atoms with van der Waals surface area (Å²) in [6.07, 6.45) is 6.29. The van der Waals surface area contributed by atoms with Crippen LogP contribution in [0.2, 0.25) is 0 Å². The second kappa shape index (κ2) is 10.3. The number of carbonyl (C=O) groups excluding carboxylic acids is 2. The number of carbonyl (C=O) groups is 2. The van der Waals surface area contributed by atoms with E-state index in [4.69, 9.17) is 4.74 Å². The number of amides is 2. The number of nitrogens with zero attached hydrogens (tertiary/aromatic N) is 2. The maximum Gasteiger partial charge on any atom is 0.253 e. The number of anilines is 2. The molecule has 0 unspecified atom stereocenters. The Bertz CT molecular complexity index is 738. The minimum Gasteiger partial charge on any atom is -0.379 e. The first kappa shape index (κ1) is 21.1. The Morgan fingerprint density at radius 1 is 1.03 bits per heavy atom. The van der Waals surface area contributed by atoms with Crippen molar-refractivity contribution in [3.8, 4) is 0 Å². The van der Waals surface area contributed by atoms with Crippen molar-refractivity contribution in [2.45, 2.75) is 38.5 Å². The van der Waals surface area contributed by atoms with Crippen LogP contribution in [0.25, 0.3) is 0 Å². The third-order valence-electron chi connectivity index (χ3n) is 6.47. The Balaban J connectivity index is 1.38. The standard InChI is InChI=1S/C23H34N4O3/c28-22(18-5-3-6-18)25-19-7-8-21(27-11-1-2-12-27)20(17-19)23(29)24-9-4-10-26-13-15-30-16-14-26/h7-8,17-18H,1-6,9-16H2,(H,24,29)(H,25,28).